The first-order valence-corrected chi connectivity index (χ1v) is 9.69. The molecule has 24 heavy (non-hydrogen) atoms. The minimum absolute atomic E-state index is 0.187. The van der Waals surface area contributed by atoms with Crippen molar-refractivity contribution in [2.24, 2.45) is 11.8 Å². The van der Waals surface area contributed by atoms with Crippen LogP contribution in [0.1, 0.15) is 76.3 Å². The molecule has 0 saturated heterocycles. The molecule has 0 N–H and O–H groups in total. The van der Waals surface area contributed by atoms with Crippen LogP contribution in [-0.4, -0.2) is 0 Å². The highest BCUT2D eigenvalue weighted by Crippen LogP contribution is 2.31. The summed E-state index contributed by atoms with van der Waals surface area (Å²) in [6.07, 6.45) is 15.2. The average Bonchev–Trinajstić information content (AvgIpc) is 2.61. The molecule has 0 bridgehead atoms. The minimum atomic E-state index is -0.187. The number of unbranched alkanes of at least 4 members (excludes halogenated alkanes) is 2. The lowest BCUT2D eigenvalue weighted by Crippen LogP contribution is -2.11. The lowest BCUT2D eigenvalue weighted by atomic mass is 9.81. The Labute approximate surface area is 147 Å². The predicted molar refractivity (Wildman–Crippen MR) is 101 cm³/mol. The van der Waals surface area contributed by atoms with Crippen molar-refractivity contribution in [2.45, 2.75) is 71.6 Å². The van der Waals surface area contributed by atoms with Gasteiger partial charge in [0.2, 0.25) is 0 Å². The number of aryl methyl sites for hydroxylation is 1. The van der Waals surface area contributed by atoms with Crippen LogP contribution in [-0.2, 0) is 6.42 Å². The highest BCUT2D eigenvalue weighted by molar-refractivity contribution is 5.39. The molecule has 0 aromatic heterocycles. The molecule has 0 heterocycles. The smallest absolute Gasteiger partial charge is 0.139 e. The van der Waals surface area contributed by atoms with Crippen molar-refractivity contribution in [2.75, 3.05) is 0 Å². The van der Waals surface area contributed by atoms with Gasteiger partial charge < -0.3 is 0 Å². The summed E-state index contributed by atoms with van der Waals surface area (Å²) < 4.78 is 14.1. The SMILES string of the molecule is CCCCCc1ccc(C#CC=C[C@H]2CC[C@H](CC)CC2)c(F)c1. The normalized spacial score (nSPS) is 20.8. The van der Waals surface area contributed by atoms with Crippen molar-refractivity contribution in [3.63, 3.8) is 0 Å². The van der Waals surface area contributed by atoms with E-state index in [4.69, 9.17) is 0 Å². The van der Waals surface area contributed by atoms with Crippen LogP contribution >= 0.6 is 0 Å². The Kier molecular flexibility index (Phi) is 8.10. The third kappa shape index (κ3) is 6.16. The van der Waals surface area contributed by atoms with E-state index in [-0.39, 0.29) is 5.82 Å². The van der Waals surface area contributed by atoms with Crippen LogP contribution in [0.4, 0.5) is 4.39 Å². The predicted octanol–water partition coefficient (Wildman–Crippen LogP) is 6.68. The molecule has 0 amide bonds. The summed E-state index contributed by atoms with van der Waals surface area (Å²) in [5, 5.41) is 0. The Morgan fingerprint density at radius 2 is 1.92 bits per heavy atom. The summed E-state index contributed by atoms with van der Waals surface area (Å²) in [6, 6.07) is 5.48. The first-order chi connectivity index (χ1) is 11.7. The van der Waals surface area contributed by atoms with Crippen LogP contribution in [0.15, 0.2) is 30.4 Å². The zero-order valence-corrected chi connectivity index (χ0v) is 15.3. The van der Waals surface area contributed by atoms with Crippen LogP contribution in [0.5, 0.6) is 0 Å². The standard InChI is InChI=1S/C23H31F/c1-3-5-6-10-21-16-17-22(23(24)18-21)11-8-7-9-20-14-12-19(4-2)13-15-20/h7,9,16-20H,3-6,10,12-15H2,1-2H3/t19-,20-. The Hall–Kier alpha value is -1.55. The van der Waals surface area contributed by atoms with Gasteiger partial charge >= 0.3 is 0 Å². The zero-order valence-electron chi connectivity index (χ0n) is 15.3. The molecule has 0 aliphatic heterocycles. The Balaban J connectivity index is 1.85. The molecule has 0 nitrogen and oxygen atoms in total. The maximum absolute atomic E-state index is 14.1. The van der Waals surface area contributed by atoms with Gasteiger partial charge in [-0.1, -0.05) is 57.1 Å². The van der Waals surface area contributed by atoms with Crippen molar-refractivity contribution in [1.29, 1.82) is 0 Å². The van der Waals surface area contributed by atoms with Gasteiger partial charge in [0.15, 0.2) is 0 Å². The molecule has 1 aliphatic carbocycles. The van der Waals surface area contributed by atoms with Crippen molar-refractivity contribution >= 4 is 0 Å². The molecule has 1 aliphatic rings. The van der Waals surface area contributed by atoms with Crippen molar-refractivity contribution in [3.05, 3.63) is 47.3 Å². The average molecular weight is 326 g/mol. The van der Waals surface area contributed by atoms with Crippen LogP contribution in [0, 0.1) is 29.5 Å². The van der Waals surface area contributed by atoms with E-state index < -0.39 is 0 Å². The monoisotopic (exact) mass is 326 g/mol. The zero-order chi connectivity index (χ0) is 17.2. The molecule has 0 spiro atoms. The number of hydrogen-bond donors (Lipinski definition) is 0. The van der Waals surface area contributed by atoms with E-state index in [0.717, 1.165) is 24.3 Å². The highest BCUT2D eigenvalue weighted by atomic mass is 19.1. The van der Waals surface area contributed by atoms with Gasteiger partial charge in [0.05, 0.1) is 5.56 Å². The molecular formula is C23H31F. The number of rotatable bonds is 6. The van der Waals surface area contributed by atoms with Crippen LogP contribution in [0.25, 0.3) is 0 Å². The lowest BCUT2D eigenvalue weighted by Gasteiger charge is -2.25. The van der Waals surface area contributed by atoms with Crippen molar-refractivity contribution < 1.29 is 4.39 Å². The molecule has 130 valence electrons. The summed E-state index contributed by atoms with van der Waals surface area (Å²) >= 11 is 0. The number of allylic oxidation sites excluding steroid dienone is 2. The van der Waals surface area contributed by atoms with E-state index in [1.807, 2.05) is 18.2 Å². The van der Waals surface area contributed by atoms with E-state index in [9.17, 15) is 4.39 Å². The number of hydrogen-bond acceptors (Lipinski definition) is 0. The Morgan fingerprint density at radius 3 is 2.58 bits per heavy atom. The maximum Gasteiger partial charge on any atom is 0.139 e. The Morgan fingerprint density at radius 1 is 1.12 bits per heavy atom. The van der Waals surface area contributed by atoms with Crippen LogP contribution < -0.4 is 0 Å². The molecule has 1 aromatic carbocycles. The molecule has 2 rings (SSSR count). The van der Waals surface area contributed by atoms with E-state index in [0.29, 0.717) is 11.5 Å². The van der Waals surface area contributed by atoms with Gasteiger partial charge in [-0.25, -0.2) is 4.39 Å². The van der Waals surface area contributed by atoms with E-state index in [1.54, 1.807) is 6.07 Å². The first-order valence-electron chi connectivity index (χ1n) is 9.69. The quantitative estimate of drug-likeness (QED) is 0.404. The third-order valence-corrected chi connectivity index (χ3v) is 5.23. The maximum atomic E-state index is 14.1. The largest absolute Gasteiger partial charge is 0.206 e. The molecule has 0 atom stereocenters. The fourth-order valence-corrected chi connectivity index (χ4v) is 3.49. The van der Waals surface area contributed by atoms with E-state index in [1.165, 1.54) is 44.9 Å². The van der Waals surface area contributed by atoms with Crippen LogP contribution in [0.3, 0.4) is 0 Å². The summed E-state index contributed by atoms with van der Waals surface area (Å²) in [4.78, 5) is 0. The second kappa shape index (κ2) is 10.3. The second-order valence-corrected chi connectivity index (χ2v) is 7.09. The van der Waals surface area contributed by atoms with Crippen molar-refractivity contribution in [3.8, 4) is 11.8 Å². The van der Waals surface area contributed by atoms with E-state index in [2.05, 4.69) is 31.8 Å². The molecule has 0 unspecified atom stereocenters. The van der Waals surface area contributed by atoms with Gasteiger partial charge in [0.1, 0.15) is 5.82 Å². The van der Waals surface area contributed by atoms with Gasteiger partial charge in [0.25, 0.3) is 0 Å². The third-order valence-electron chi connectivity index (χ3n) is 5.23. The minimum Gasteiger partial charge on any atom is -0.206 e. The molecule has 1 saturated carbocycles. The molecular weight excluding hydrogens is 295 g/mol. The number of benzene rings is 1. The summed E-state index contributed by atoms with van der Waals surface area (Å²) in [7, 11) is 0. The van der Waals surface area contributed by atoms with Crippen LogP contribution in [0.2, 0.25) is 0 Å². The van der Waals surface area contributed by atoms with E-state index >= 15 is 0 Å². The molecule has 0 radical (unpaired) electrons. The van der Waals surface area contributed by atoms with Crippen molar-refractivity contribution in [1.82, 2.24) is 0 Å². The Bertz CT molecular complexity index is 580. The summed E-state index contributed by atoms with van der Waals surface area (Å²) in [5.74, 6) is 7.37. The lowest BCUT2D eigenvalue weighted by molar-refractivity contribution is 0.304. The summed E-state index contributed by atoms with van der Waals surface area (Å²) in [5.41, 5.74) is 1.59. The summed E-state index contributed by atoms with van der Waals surface area (Å²) in [6.45, 7) is 4.47. The fraction of sp³-hybridized carbons (Fsp3) is 0.565. The topological polar surface area (TPSA) is 0 Å². The van der Waals surface area contributed by atoms with Gasteiger partial charge in [-0.15, -0.1) is 0 Å². The van der Waals surface area contributed by atoms with Gasteiger partial charge in [-0.2, -0.15) is 0 Å². The van der Waals surface area contributed by atoms with Gasteiger partial charge in [-0.3, -0.25) is 0 Å². The van der Waals surface area contributed by atoms with Gasteiger partial charge in [-0.05, 0) is 74.1 Å². The molecule has 1 fully saturated rings. The number of halogens is 1. The van der Waals surface area contributed by atoms with Gasteiger partial charge in [0, 0.05) is 0 Å². The highest BCUT2D eigenvalue weighted by Gasteiger charge is 2.17. The first kappa shape index (κ1) is 18.8. The fourth-order valence-electron chi connectivity index (χ4n) is 3.49. The second-order valence-electron chi connectivity index (χ2n) is 7.09. The molecule has 1 aromatic rings. The molecule has 1 heteroatoms.